The monoisotopic (exact) mass is 285 g/mol. The van der Waals surface area contributed by atoms with Crippen molar-refractivity contribution in [3.8, 4) is 11.4 Å². The lowest BCUT2D eigenvalue weighted by atomic mass is 10.0. The van der Waals surface area contributed by atoms with E-state index in [1.165, 1.54) is 11.6 Å². The summed E-state index contributed by atoms with van der Waals surface area (Å²) in [7, 11) is 0. The zero-order valence-electron chi connectivity index (χ0n) is 12.5. The third-order valence-corrected chi connectivity index (χ3v) is 3.93. The second-order valence-electron chi connectivity index (χ2n) is 5.56. The maximum atomic E-state index is 13.3. The lowest BCUT2D eigenvalue weighted by molar-refractivity contribution is 0.615. The fourth-order valence-electron chi connectivity index (χ4n) is 2.86. The Morgan fingerprint density at radius 3 is 2.90 bits per heavy atom. The summed E-state index contributed by atoms with van der Waals surface area (Å²) in [6.07, 6.45) is 2.95. The molecule has 110 valence electrons. The first-order chi connectivity index (χ1) is 10.2. The van der Waals surface area contributed by atoms with E-state index in [0.29, 0.717) is 0 Å². The fourth-order valence-corrected chi connectivity index (χ4v) is 2.86. The predicted octanol–water partition coefficient (Wildman–Crippen LogP) is 3.19. The van der Waals surface area contributed by atoms with Crippen molar-refractivity contribution in [3.05, 3.63) is 46.5 Å². The number of benzene rings is 1. The van der Waals surface area contributed by atoms with Crippen LogP contribution in [0, 0.1) is 12.7 Å². The molecule has 0 saturated carbocycles. The molecule has 3 rings (SSSR count). The quantitative estimate of drug-likeness (QED) is 0.941. The highest BCUT2D eigenvalue weighted by molar-refractivity contribution is 5.60. The van der Waals surface area contributed by atoms with E-state index in [2.05, 4.69) is 12.2 Å². The van der Waals surface area contributed by atoms with Gasteiger partial charge in [0.05, 0.1) is 5.69 Å². The van der Waals surface area contributed by atoms with E-state index < -0.39 is 0 Å². The highest BCUT2D eigenvalue weighted by Crippen LogP contribution is 2.25. The molecule has 2 aromatic rings. The Morgan fingerprint density at radius 2 is 2.14 bits per heavy atom. The van der Waals surface area contributed by atoms with E-state index in [4.69, 9.17) is 9.97 Å². The molecule has 0 atom stereocenters. The van der Waals surface area contributed by atoms with Crippen molar-refractivity contribution in [2.45, 2.75) is 39.7 Å². The summed E-state index contributed by atoms with van der Waals surface area (Å²) >= 11 is 0. The van der Waals surface area contributed by atoms with Gasteiger partial charge in [0.1, 0.15) is 5.82 Å². The SMILES string of the molecule is CCCc1nc(-c2ccc(F)cc2C)nc2c1CNCC2. The van der Waals surface area contributed by atoms with Gasteiger partial charge in [-0.25, -0.2) is 14.4 Å². The second kappa shape index (κ2) is 5.90. The number of hydrogen-bond donors (Lipinski definition) is 1. The predicted molar refractivity (Wildman–Crippen MR) is 81.6 cm³/mol. The van der Waals surface area contributed by atoms with Crippen LogP contribution in [0.4, 0.5) is 4.39 Å². The lowest BCUT2D eigenvalue weighted by Crippen LogP contribution is -2.26. The van der Waals surface area contributed by atoms with Crippen LogP contribution in [-0.4, -0.2) is 16.5 Å². The molecule has 0 radical (unpaired) electrons. The summed E-state index contributed by atoms with van der Waals surface area (Å²) in [5.74, 6) is 0.517. The molecule has 1 N–H and O–H groups in total. The molecule has 0 spiro atoms. The van der Waals surface area contributed by atoms with Crippen LogP contribution in [0.1, 0.15) is 35.9 Å². The van der Waals surface area contributed by atoms with Crippen LogP contribution >= 0.6 is 0 Å². The van der Waals surface area contributed by atoms with Gasteiger partial charge in [0.25, 0.3) is 0 Å². The Bertz CT molecular complexity index is 667. The van der Waals surface area contributed by atoms with Crippen molar-refractivity contribution in [3.63, 3.8) is 0 Å². The molecule has 2 heterocycles. The van der Waals surface area contributed by atoms with Crippen molar-refractivity contribution in [2.75, 3.05) is 6.54 Å². The summed E-state index contributed by atoms with van der Waals surface area (Å²) in [6.45, 7) is 5.88. The van der Waals surface area contributed by atoms with E-state index in [1.54, 1.807) is 12.1 Å². The van der Waals surface area contributed by atoms with Gasteiger partial charge < -0.3 is 5.32 Å². The summed E-state index contributed by atoms with van der Waals surface area (Å²) < 4.78 is 13.3. The second-order valence-corrected chi connectivity index (χ2v) is 5.56. The Balaban J connectivity index is 2.12. The largest absolute Gasteiger partial charge is 0.312 e. The standard InChI is InChI=1S/C17H20FN3/c1-3-4-15-14-10-19-8-7-16(14)21-17(20-15)13-6-5-12(18)9-11(13)2/h5-6,9,19H,3-4,7-8,10H2,1-2H3. The number of hydrogen-bond acceptors (Lipinski definition) is 3. The molecule has 21 heavy (non-hydrogen) atoms. The first-order valence-electron chi connectivity index (χ1n) is 7.55. The molecule has 4 heteroatoms. The molecule has 1 aliphatic rings. The lowest BCUT2D eigenvalue weighted by Gasteiger charge is -2.20. The van der Waals surface area contributed by atoms with Crippen LogP contribution in [0.3, 0.4) is 0 Å². The molecular weight excluding hydrogens is 265 g/mol. The molecule has 1 aromatic carbocycles. The summed E-state index contributed by atoms with van der Waals surface area (Å²) in [4.78, 5) is 9.51. The highest BCUT2D eigenvalue weighted by atomic mass is 19.1. The minimum atomic E-state index is -0.216. The van der Waals surface area contributed by atoms with Crippen molar-refractivity contribution >= 4 is 0 Å². The Labute approximate surface area is 124 Å². The number of fused-ring (bicyclic) bond motifs is 1. The van der Waals surface area contributed by atoms with Crippen molar-refractivity contribution in [1.29, 1.82) is 0 Å². The average Bonchev–Trinajstić information content (AvgIpc) is 2.47. The molecule has 0 aliphatic carbocycles. The van der Waals surface area contributed by atoms with Crippen molar-refractivity contribution in [1.82, 2.24) is 15.3 Å². The van der Waals surface area contributed by atoms with Gasteiger partial charge in [-0.15, -0.1) is 0 Å². The van der Waals surface area contributed by atoms with Gasteiger partial charge in [0.15, 0.2) is 5.82 Å². The Hall–Kier alpha value is -1.81. The van der Waals surface area contributed by atoms with E-state index in [1.807, 2.05) is 6.92 Å². The summed E-state index contributed by atoms with van der Waals surface area (Å²) in [6, 6.07) is 4.80. The maximum Gasteiger partial charge on any atom is 0.159 e. The van der Waals surface area contributed by atoms with E-state index in [0.717, 1.165) is 60.7 Å². The summed E-state index contributed by atoms with van der Waals surface area (Å²) in [5.41, 5.74) is 5.34. The van der Waals surface area contributed by atoms with Gasteiger partial charge in [-0.2, -0.15) is 0 Å². The molecule has 0 saturated heterocycles. The number of rotatable bonds is 3. The van der Waals surface area contributed by atoms with Gasteiger partial charge in [0, 0.05) is 36.3 Å². The van der Waals surface area contributed by atoms with Crippen LogP contribution in [0.5, 0.6) is 0 Å². The summed E-state index contributed by atoms with van der Waals surface area (Å²) in [5, 5.41) is 3.39. The van der Waals surface area contributed by atoms with Crippen LogP contribution in [-0.2, 0) is 19.4 Å². The molecule has 0 bridgehead atoms. The molecule has 0 fully saturated rings. The molecule has 3 nitrogen and oxygen atoms in total. The van der Waals surface area contributed by atoms with Crippen LogP contribution < -0.4 is 5.32 Å². The molecule has 1 aromatic heterocycles. The molecular formula is C17H20FN3. The third-order valence-electron chi connectivity index (χ3n) is 3.93. The number of nitrogens with one attached hydrogen (secondary N) is 1. The van der Waals surface area contributed by atoms with Gasteiger partial charge in [0.2, 0.25) is 0 Å². The minimum absolute atomic E-state index is 0.216. The zero-order chi connectivity index (χ0) is 14.8. The minimum Gasteiger partial charge on any atom is -0.312 e. The average molecular weight is 285 g/mol. The Kier molecular flexibility index (Phi) is 3.97. The van der Waals surface area contributed by atoms with Crippen molar-refractivity contribution < 1.29 is 4.39 Å². The van der Waals surface area contributed by atoms with Gasteiger partial charge in [-0.3, -0.25) is 0 Å². The molecule has 0 unspecified atom stereocenters. The fraction of sp³-hybridized carbons (Fsp3) is 0.412. The maximum absolute atomic E-state index is 13.3. The van der Waals surface area contributed by atoms with Crippen molar-refractivity contribution in [2.24, 2.45) is 0 Å². The number of halogens is 1. The Morgan fingerprint density at radius 1 is 1.29 bits per heavy atom. The smallest absolute Gasteiger partial charge is 0.159 e. The van der Waals surface area contributed by atoms with E-state index in [-0.39, 0.29) is 5.82 Å². The van der Waals surface area contributed by atoms with Gasteiger partial charge in [-0.1, -0.05) is 13.3 Å². The first kappa shape index (κ1) is 14.1. The van der Waals surface area contributed by atoms with Crippen LogP contribution in [0.25, 0.3) is 11.4 Å². The topological polar surface area (TPSA) is 37.8 Å². The first-order valence-corrected chi connectivity index (χ1v) is 7.55. The van der Waals surface area contributed by atoms with E-state index >= 15 is 0 Å². The molecule has 1 aliphatic heterocycles. The van der Waals surface area contributed by atoms with Crippen LogP contribution in [0.2, 0.25) is 0 Å². The highest BCUT2D eigenvalue weighted by Gasteiger charge is 2.18. The van der Waals surface area contributed by atoms with Gasteiger partial charge >= 0.3 is 0 Å². The van der Waals surface area contributed by atoms with Gasteiger partial charge in [-0.05, 0) is 37.1 Å². The zero-order valence-corrected chi connectivity index (χ0v) is 12.5. The number of aromatic nitrogens is 2. The van der Waals surface area contributed by atoms with E-state index in [9.17, 15) is 4.39 Å². The number of aryl methyl sites for hydroxylation is 2. The third kappa shape index (κ3) is 2.81. The normalized spacial score (nSPS) is 14.0. The molecule has 0 amide bonds. The van der Waals surface area contributed by atoms with Crippen LogP contribution in [0.15, 0.2) is 18.2 Å². The number of nitrogens with zero attached hydrogens (tertiary/aromatic N) is 2.